The van der Waals surface area contributed by atoms with Crippen LogP contribution in [0.5, 0.6) is 0 Å². The van der Waals surface area contributed by atoms with Crippen LogP contribution in [0.25, 0.3) is 0 Å². The SMILES string of the molecule is C.C.C.CC=CC/C(C)=C\CC. The van der Waals surface area contributed by atoms with Gasteiger partial charge in [-0.25, -0.2) is 0 Å². The second kappa shape index (κ2) is 16.8. The normalized spacial score (nSPS) is 9.75. The van der Waals surface area contributed by atoms with Crippen molar-refractivity contribution in [1.82, 2.24) is 0 Å². The molecule has 0 fully saturated rings. The average Bonchev–Trinajstić information content (AvgIpc) is 1.85. The van der Waals surface area contributed by atoms with E-state index in [1.807, 2.05) is 0 Å². The van der Waals surface area contributed by atoms with Crippen LogP contribution in [0.1, 0.15) is 55.9 Å². The molecule has 0 aliphatic carbocycles. The first kappa shape index (κ1) is 22.5. The minimum absolute atomic E-state index is 0. The van der Waals surface area contributed by atoms with E-state index >= 15 is 0 Å². The van der Waals surface area contributed by atoms with Gasteiger partial charge in [0, 0.05) is 0 Å². The van der Waals surface area contributed by atoms with Gasteiger partial charge in [-0.15, -0.1) is 0 Å². The Hall–Kier alpha value is -0.520. The Labute approximate surface area is 80.4 Å². The molecule has 12 heavy (non-hydrogen) atoms. The molecule has 0 saturated carbocycles. The third kappa shape index (κ3) is 16.2. The summed E-state index contributed by atoms with van der Waals surface area (Å²) in [6, 6.07) is 0. The van der Waals surface area contributed by atoms with Crippen molar-refractivity contribution in [3.8, 4) is 0 Å². The Bertz CT molecular complexity index is 107. The molecular weight excluding hydrogens is 144 g/mol. The monoisotopic (exact) mass is 172 g/mol. The fourth-order valence-electron chi connectivity index (χ4n) is 0.736. The molecule has 0 spiro atoms. The van der Waals surface area contributed by atoms with Crippen LogP contribution in [0.15, 0.2) is 23.8 Å². The summed E-state index contributed by atoms with van der Waals surface area (Å²) in [5.74, 6) is 0. The first-order chi connectivity index (χ1) is 4.31. The van der Waals surface area contributed by atoms with Gasteiger partial charge in [0.25, 0.3) is 0 Å². The molecule has 0 aromatic carbocycles. The molecule has 0 saturated heterocycles. The molecule has 76 valence electrons. The summed E-state index contributed by atoms with van der Waals surface area (Å²) in [5, 5.41) is 0. The highest BCUT2D eigenvalue weighted by atomic mass is 13.9. The molecule has 0 heterocycles. The molecule has 0 aromatic heterocycles. The summed E-state index contributed by atoms with van der Waals surface area (Å²) in [4.78, 5) is 0. The molecular formula is C12H28. The maximum atomic E-state index is 2.26. The van der Waals surface area contributed by atoms with E-state index in [9.17, 15) is 0 Å². The van der Waals surface area contributed by atoms with Gasteiger partial charge in [-0.3, -0.25) is 0 Å². The van der Waals surface area contributed by atoms with Crippen LogP contribution < -0.4 is 0 Å². The Morgan fingerprint density at radius 1 is 1.17 bits per heavy atom. The molecule has 0 atom stereocenters. The van der Waals surface area contributed by atoms with Gasteiger partial charge in [0.2, 0.25) is 0 Å². The van der Waals surface area contributed by atoms with Crippen molar-refractivity contribution >= 4 is 0 Å². The van der Waals surface area contributed by atoms with E-state index in [0.29, 0.717) is 0 Å². The van der Waals surface area contributed by atoms with E-state index in [-0.39, 0.29) is 22.3 Å². The van der Waals surface area contributed by atoms with Crippen molar-refractivity contribution in [1.29, 1.82) is 0 Å². The lowest BCUT2D eigenvalue weighted by Gasteiger charge is -1.91. The highest BCUT2D eigenvalue weighted by molar-refractivity contribution is 5.03. The van der Waals surface area contributed by atoms with Gasteiger partial charge in [0.05, 0.1) is 0 Å². The first-order valence-electron chi connectivity index (χ1n) is 3.58. The van der Waals surface area contributed by atoms with E-state index in [4.69, 9.17) is 0 Å². The predicted octanol–water partition coefficient (Wildman–Crippen LogP) is 5.22. The van der Waals surface area contributed by atoms with Gasteiger partial charge in [-0.05, 0) is 26.7 Å². The smallest absolute Gasteiger partial charge is 0.0142 e. The molecule has 0 aliphatic rings. The number of allylic oxidation sites excluding steroid dienone is 4. The fraction of sp³-hybridized carbons (Fsp3) is 0.667. The predicted molar refractivity (Wildman–Crippen MR) is 63.7 cm³/mol. The Kier molecular flexibility index (Phi) is 31.6. The van der Waals surface area contributed by atoms with Crippen LogP contribution in [0, 0.1) is 0 Å². The van der Waals surface area contributed by atoms with Crippen LogP contribution in [0.2, 0.25) is 0 Å². The van der Waals surface area contributed by atoms with E-state index in [2.05, 4.69) is 39.0 Å². The molecule has 0 heteroatoms. The van der Waals surface area contributed by atoms with E-state index in [1.54, 1.807) is 0 Å². The zero-order valence-electron chi connectivity index (χ0n) is 6.65. The maximum Gasteiger partial charge on any atom is -0.0142 e. The van der Waals surface area contributed by atoms with Gasteiger partial charge in [0.1, 0.15) is 0 Å². The topological polar surface area (TPSA) is 0 Å². The summed E-state index contributed by atoms with van der Waals surface area (Å²) in [6.45, 7) is 6.39. The van der Waals surface area contributed by atoms with Crippen LogP contribution in [-0.4, -0.2) is 0 Å². The van der Waals surface area contributed by atoms with Gasteiger partial charge in [-0.2, -0.15) is 0 Å². The summed E-state index contributed by atoms with van der Waals surface area (Å²) < 4.78 is 0. The zero-order valence-corrected chi connectivity index (χ0v) is 6.65. The van der Waals surface area contributed by atoms with Crippen molar-refractivity contribution in [2.75, 3.05) is 0 Å². The minimum atomic E-state index is 0. The van der Waals surface area contributed by atoms with Crippen LogP contribution in [-0.2, 0) is 0 Å². The Morgan fingerprint density at radius 2 is 1.67 bits per heavy atom. The van der Waals surface area contributed by atoms with Gasteiger partial charge in [0.15, 0.2) is 0 Å². The summed E-state index contributed by atoms with van der Waals surface area (Å²) in [5.41, 5.74) is 1.47. The molecule has 0 aromatic rings. The van der Waals surface area contributed by atoms with E-state index in [1.165, 1.54) is 5.57 Å². The van der Waals surface area contributed by atoms with Crippen molar-refractivity contribution in [2.24, 2.45) is 0 Å². The quantitative estimate of drug-likeness (QED) is 0.512. The molecule has 0 radical (unpaired) electrons. The minimum Gasteiger partial charge on any atom is -0.0913 e. The van der Waals surface area contributed by atoms with Crippen LogP contribution >= 0.6 is 0 Å². The molecule has 0 aliphatic heterocycles. The van der Waals surface area contributed by atoms with Crippen LogP contribution in [0.3, 0.4) is 0 Å². The summed E-state index contributed by atoms with van der Waals surface area (Å²) in [6.07, 6.45) is 8.81. The highest BCUT2D eigenvalue weighted by Crippen LogP contribution is 2.01. The van der Waals surface area contributed by atoms with Crippen LogP contribution in [0.4, 0.5) is 0 Å². The second-order valence-corrected chi connectivity index (χ2v) is 2.23. The Balaban J connectivity index is -0.000000107. The van der Waals surface area contributed by atoms with Crippen molar-refractivity contribution in [2.45, 2.75) is 55.9 Å². The summed E-state index contributed by atoms with van der Waals surface area (Å²) >= 11 is 0. The van der Waals surface area contributed by atoms with Crippen molar-refractivity contribution < 1.29 is 0 Å². The molecule has 0 amide bonds. The maximum absolute atomic E-state index is 2.26. The Morgan fingerprint density at radius 3 is 2.00 bits per heavy atom. The molecule has 0 unspecified atom stereocenters. The van der Waals surface area contributed by atoms with Gasteiger partial charge < -0.3 is 0 Å². The number of rotatable bonds is 3. The third-order valence-electron chi connectivity index (χ3n) is 1.23. The lowest BCUT2D eigenvalue weighted by atomic mass is 10.2. The standard InChI is InChI=1S/C9H16.3CH4/c1-4-6-8-9(3)7-5-2;;;/h4,6-7H,5,8H2,1-3H3;3*1H4/b6-4?,9-7-;;;. The molecule has 0 rings (SSSR count). The van der Waals surface area contributed by atoms with Gasteiger partial charge >= 0.3 is 0 Å². The molecule has 0 bridgehead atoms. The average molecular weight is 172 g/mol. The highest BCUT2D eigenvalue weighted by Gasteiger charge is 1.80. The largest absolute Gasteiger partial charge is 0.0913 e. The summed E-state index contributed by atoms with van der Waals surface area (Å²) in [7, 11) is 0. The van der Waals surface area contributed by atoms with Crippen molar-refractivity contribution in [3.63, 3.8) is 0 Å². The van der Waals surface area contributed by atoms with E-state index in [0.717, 1.165) is 12.8 Å². The molecule has 0 N–H and O–H groups in total. The first-order valence-corrected chi connectivity index (χ1v) is 3.58. The second-order valence-electron chi connectivity index (χ2n) is 2.23. The lowest BCUT2D eigenvalue weighted by molar-refractivity contribution is 1.12. The molecule has 0 nitrogen and oxygen atoms in total. The fourth-order valence-corrected chi connectivity index (χ4v) is 0.736. The number of hydrogen-bond acceptors (Lipinski definition) is 0. The van der Waals surface area contributed by atoms with Gasteiger partial charge in [-0.1, -0.05) is 53.0 Å². The van der Waals surface area contributed by atoms with E-state index < -0.39 is 0 Å². The third-order valence-corrected chi connectivity index (χ3v) is 1.23. The zero-order chi connectivity index (χ0) is 7.11. The lowest BCUT2D eigenvalue weighted by Crippen LogP contribution is -1.70. The van der Waals surface area contributed by atoms with Crippen molar-refractivity contribution in [3.05, 3.63) is 23.8 Å². The number of hydrogen-bond donors (Lipinski definition) is 0.